The lowest BCUT2D eigenvalue weighted by Crippen LogP contribution is -2.29. The van der Waals surface area contributed by atoms with E-state index in [1.807, 2.05) is 17.5 Å². The Bertz CT molecular complexity index is 891. The summed E-state index contributed by atoms with van der Waals surface area (Å²) in [7, 11) is 0. The molecule has 0 bridgehead atoms. The summed E-state index contributed by atoms with van der Waals surface area (Å²) < 4.78 is 11.6. The predicted molar refractivity (Wildman–Crippen MR) is 86.7 cm³/mol. The molecule has 1 N–H and O–H groups in total. The van der Waals surface area contributed by atoms with Crippen molar-refractivity contribution in [3.8, 4) is 22.6 Å². The Morgan fingerprint density at radius 3 is 2.83 bits per heavy atom. The first-order valence-corrected chi connectivity index (χ1v) is 7.96. The molecule has 3 rings (SSSR count). The summed E-state index contributed by atoms with van der Waals surface area (Å²) in [4.78, 5) is 12.5. The Labute approximate surface area is 141 Å². The van der Waals surface area contributed by atoms with Gasteiger partial charge in [-0.3, -0.25) is 0 Å². The molecule has 0 aliphatic rings. The van der Waals surface area contributed by atoms with Gasteiger partial charge in [-0.2, -0.15) is 9.94 Å². The average Bonchev–Trinajstić information content (AvgIpc) is 3.24. The Kier molecular flexibility index (Phi) is 4.74. The predicted octanol–water partition coefficient (Wildman–Crippen LogP) is 1.88. The normalized spacial score (nSPS) is 11.8. The molecule has 0 fully saturated rings. The first-order valence-electron chi connectivity index (χ1n) is 7.08. The van der Waals surface area contributed by atoms with Crippen LogP contribution in [0, 0.1) is 11.3 Å². The van der Waals surface area contributed by atoms with E-state index in [0.29, 0.717) is 11.3 Å². The first-order chi connectivity index (χ1) is 11.7. The van der Waals surface area contributed by atoms with Gasteiger partial charge >= 0.3 is 5.76 Å². The molecule has 0 aliphatic heterocycles. The molecule has 0 saturated heterocycles. The zero-order valence-electron chi connectivity index (χ0n) is 12.5. The Balaban J connectivity index is 1.59. The summed E-state index contributed by atoms with van der Waals surface area (Å²) in [5, 5.41) is 24.7. The van der Waals surface area contributed by atoms with Crippen molar-refractivity contribution in [3.05, 3.63) is 57.9 Å². The Hall–Kier alpha value is -2.89. The van der Waals surface area contributed by atoms with E-state index in [1.165, 1.54) is 11.3 Å². The number of benzene rings is 1. The standard InChI is InChI=1S/C16H13N3O4S/c17-8-11-3-5-13(6-4-11)22-10-12(20)9-19-16(21)23-15(18-19)14-2-1-7-24-14/h1-7,12,20H,9-10H2. The highest BCUT2D eigenvalue weighted by Crippen LogP contribution is 2.21. The van der Waals surface area contributed by atoms with Crippen LogP contribution < -0.4 is 10.5 Å². The molecule has 7 nitrogen and oxygen atoms in total. The maximum Gasteiger partial charge on any atom is 0.437 e. The fourth-order valence-corrected chi connectivity index (χ4v) is 2.64. The van der Waals surface area contributed by atoms with Gasteiger partial charge < -0.3 is 14.3 Å². The third-order valence-electron chi connectivity index (χ3n) is 3.15. The summed E-state index contributed by atoms with van der Waals surface area (Å²) in [6, 6.07) is 12.2. The van der Waals surface area contributed by atoms with E-state index in [2.05, 4.69) is 5.10 Å². The van der Waals surface area contributed by atoms with Gasteiger partial charge in [0.25, 0.3) is 5.89 Å². The van der Waals surface area contributed by atoms with Crippen LogP contribution >= 0.6 is 11.3 Å². The fraction of sp³-hybridized carbons (Fsp3) is 0.188. The van der Waals surface area contributed by atoms with Gasteiger partial charge in [0, 0.05) is 0 Å². The number of ether oxygens (including phenoxy) is 1. The van der Waals surface area contributed by atoms with E-state index in [0.717, 1.165) is 9.56 Å². The van der Waals surface area contributed by atoms with Crippen LogP contribution in [0.15, 0.2) is 51.0 Å². The first kappa shape index (κ1) is 16.0. The van der Waals surface area contributed by atoms with Crippen molar-refractivity contribution in [1.82, 2.24) is 9.78 Å². The van der Waals surface area contributed by atoms with Gasteiger partial charge in [-0.25, -0.2) is 4.79 Å². The van der Waals surface area contributed by atoms with Crippen molar-refractivity contribution >= 4 is 11.3 Å². The molecule has 3 aromatic rings. The molecular weight excluding hydrogens is 330 g/mol. The van der Waals surface area contributed by atoms with Gasteiger partial charge in [0.15, 0.2) is 0 Å². The zero-order valence-corrected chi connectivity index (χ0v) is 13.3. The molecule has 1 unspecified atom stereocenters. The van der Waals surface area contributed by atoms with Gasteiger partial charge in [0.05, 0.1) is 23.1 Å². The van der Waals surface area contributed by atoms with Crippen LogP contribution in [0.25, 0.3) is 10.8 Å². The summed E-state index contributed by atoms with van der Waals surface area (Å²) in [6.07, 6.45) is -0.931. The number of nitriles is 1. The Morgan fingerprint density at radius 2 is 2.17 bits per heavy atom. The van der Waals surface area contributed by atoms with Gasteiger partial charge in [-0.1, -0.05) is 6.07 Å². The molecule has 0 spiro atoms. The lowest BCUT2D eigenvalue weighted by Gasteiger charge is -2.11. The second kappa shape index (κ2) is 7.12. The van der Waals surface area contributed by atoms with Gasteiger partial charge in [-0.15, -0.1) is 16.4 Å². The highest BCUT2D eigenvalue weighted by molar-refractivity contribution is 7.13. The number of aliphatic hydroxyl groups is 1. The van der Waals surface area contributed by atoms with E-state index in [-0.39, 0.29) is 19.0 Å². The second-order valence-corrected chi connectivity index (χ2v) is 5.88. The molecule has 1 aromatic carbocycles. The molecule has 2 aromatic heterocycles. The summed E-state index contributed by atoms with van der Waals surface area (Å²) in [5.41, 5.74) is 0.526. The SMILES string of the molecule is N#Cc1ccc(OCC(O)Cn2nc(-c3cccs3)oc2=O)cc1. The molecule has 8 heteroatoms. The highest BCUT2D eigenvalue weighted by atomic mass is 32.1. The fourth-order valence-electron chi connectivity index (χ4n) is 1.99. The van der Waals surface area contributed by atoms with E-state index < -0.39 is 11.9 Å². The topological polar surface area (TPSA) is 101 Å². The van der Waals surface area contributed by atoms with Crippen LogP contribution in [0.1, 0.15) is 5.56 Å². The van der Waals surface area contributed by atoms with Crippen LogP contribution in [-0.4, -0.2) is 27.6 Å². The van der Waals surface area contributed by atoms with Crippen LogP contribution in [0.4, 0.5) is 0 Å². The summed E-state index contributed by atoms with van der Waals surface area (Å²) in [5.74, 6) is 0.130. The number of hydrogen-bond donors (Lipinski definition) is 1. The van der Waals surface area contributed by atoms with Crippen molar-refractivity contribution in [2.45, 2.75) is 12.6 Å². The molecule has 0 amide bonds. The zero-order chi connectivity index (χ0) is 16.9. The van der Waals surface area contributed by atoms with Crippen molar-refractivity contribution in [1.29, 1.82) is 5.26 Å². The Morgan fingerprint density at radius 1 is 1.38 bits per heavy atom. The minimum Gasteiger partial charge on any atom is -0.491 e. The molecular formula is C16H13N3O4S. The largest absolute Gasteiger partial charge is 0.491 e. The van der Waals surface area contributed by atoms with Crippen LogP contribution in [0.5, 0.6) is 5.75 Å². The maximum absolute atomic E-state index is 11.8. The molecule has 122 valence electrons. The number of thiophene rings is 1. The van der Waals surface area contributed by atoms with Gasteiger partial charge in [0.1, 0.15) is 18.5 Å². The summed E-state index contributed by atoms with van der Waals surface area (Å²) >= 11 is 1.41. The van der Waals surface area contributed by atoms with Crippen LogP contribution in [0.3, 0.4) is 0 Å². The van der Waals surface area contributed by atoms with Crippen molar-refractivity contribution in [3.63, 3.8) is 0 Å². The van der Waals surface area contributed by atoms with Gasteiger partial charge in [0.2, 0.25) is 0 Å². The third kappa shape index (κ3) is 3.71. The van der Waals surface area contributed by atoms with Crippen molar-refractivity contribution in [2.75, 3.05) is 6.61 Å². The molecule has 1 atom stereocenters. The maximum atomic E-state index is 11.8. The average molecular weight is 343 g/mol. The lowest BCUT2D eigenvalue weighted by atomic mass is 10.2. The lowest BCUT2D eigenvalue weighted by molar-refractivity contribution is 0.0875. The van der Waals surface area contributed by atoms with E-state index >= 15 is 0 Å². The number of aromatic nitrogens is 2. The monoisotopic (exact) mass is 343 g/mol. The third-order valence-corrected chi connectivity index (χ3v) is 4.01. The number of rotatable bonds is 6. The van der Waals surface area contributed by atoms with E-state index in [1.54, 1.807) is 30.3 Å². The second-order valence-electron chi connectivity index (χ2n) is 4.93. The van der Waals surface area contributed by atoms with Crippen LogP contribution in [-0.2, 0) is 6.54 Å². The van der Waals surface area contributed by atoms with Gasteiger partial charge in [-0.05, 0) is 35.7 Å². The minimum absolute atomic E-state index is 0.0143. The van der Waals surface area contributed by atoms with Crippen molar-refractivity contribution in [2.24, 2.45) is 0 Å². The smallest absolute Gasteiger partial charge is 0.437 e. The molecule has 2 heterocycles. The quantitative estimate of drug-likeness (QED) is 0.733. The molecule has 0 saturated carbocycles. The van der Waals surface area contributed by atoms with E-state index in [4.69, 9.17) is 14.4 Å². The molecule has 0 aliphatic carbocycles. The minimum atomic E-state index is -0.931. The molecule has 24 heavy (non-hydrogen) atoms. The van der Waals surface area contributed by atoms with Crippen molar-refractivity contribution < 1.29 is 14.3 Å². The van der Waals surface area contributed by atoms with Crippen LogP contribution in [0.2, 0.25) is 0 Å². The number of aliphatic hydroxyl groups excluding tert-OH is 1. The molecule has 0 radical (unpaired) electrons. The number of nitrogens with zero attached hydrogens (tertiary/aromatic N) is 3. The van der Waals surface area contributed by atoms with E-state index in [9.17, 15) is 9.90 Å². The summed E-state index contributed by atoms with van der Waals surface area (Å²) in [6.45, 7) is -0.0521. The number of hydrogen-bond acceptors (Lipinski definition) is 7. The highest BCUT2D eigenvalue weighted by Gasteiger charge is 2.15.